The van der Waals surface area contributed by atoms with Crippen molar-refractivity contribution in [2.75, 3.05) is 0 Å². The highest BCUT2D eigenvalue weighted by Crippen LogP contribution is 2.49. The van der Waals surface area contributed by atoms with E-state index in [9.17, 15) is 0 Å². The summed E-state index contributed by atoms with van der Waals surface area (Å²) in [6, 6.07) is 120. The summed E-state index contributed by atoms with van der Waals surface area (Å²) in [4.78, 5) is 0. The number of fused-ring (bicyclic) bond motifs is 12. The Morgan fingerprint density at radius 1 is 0.163 bits per heavy atom. The first-order valence-electron chi connectivity index (χ1n) is 31.7. The van der Waals surface area contributed by atoms with Gasteiger partial charge in [0.2, 0.25) is 0 Å². The summed E-state index contributed by atoms with van der Waals surface area (Å²) < 4.78 is 13.7. The van der Waals surface area contributed by atoms with Gasteiger partial charge in [0.1, 0.15) is 22.3 Å². The van der Waals surface area contributed by atoms with E-state index >= 15 is 0 Å². The third-order valence-electron chi connectivity index (χ3n) is 19.4. The third-order valence-corrected chi connectivity index (χ3v) is 19.4. The van der Waals surface area contributed by atoms with Crippen molar-refractivity contribution in [3.8, 4) is 89.0 Å². The van der Waals surface area contributed by atoms with Crippen molar-refractivity contribution in [2.24, 2.45) is 0 Å². The predicted octanol–water partition coefficient (Wildman–Crippen LogP) is 25.7. The number of rotatable bonds is 8. The molecule has 0 fully saturated rings. The Balaban J connectivity index is 0.712. The molecule has 0 bridgehead atoms. The fourth-order valence-electron chi connectivity index (χ4n) is 15.2. The van der Waals surface area contributed by atoms with Gasteiger partial charge < -0.3 is 8.83 Å². The Morgan fingerprint density at radius 3 is 1.00 bits per heavy atom. The highest BCUT2D eigenvalue weighted by atomic mass is 16.3. The quantitative estimate of drug-likeness (QED) is 0.142. The Hall–Kier alpha value is -12.1. The molecule has 0 saturated heterocycles. The fourth-order valence-corrected chi connectivity index (χ4v) is 15.2. The minimum Gasteiger partial charge on any atom is -0.456 e. The first-order valence-corrected chi connectivity index (χ1v) is 31.7. The Morgan fingerprint density at radius 2 is 0.500 bits per heavy atom. The average molecular weight is 1170 g/mol. The molecule has 2 nitrogen and oxygen atoms in total. The maximum absolute atomic E-state index is 7.14. The van der Waals surface area contributed by atoms with Crippen LogP contribution in [0.2, 0.25) is 0 Å². The van der Waals surface area contributed by atoms with E-state index < -0.39 is 0 Å². The first kappa shape index (κ1) is 51.9. The Bertz CT molecular complexity index is 6090. The van der Waals surface area contributed by atoms with Gasteiger partial charge in [0.15, 0.2) is 0 Å². The van der Waals surface area contributed by atoms with Crippen LogP contribution in [-0.4, -0.2) is 0 Å². The zero-order valence-electron chi connectivity index (χ0n) is 50.0. The second-order valence-electron chi connectivity index (χ2n) is 24.5. The molecule has 92 heavy (non-hydrogen) atoms. The molecule has 0 amide bonds. The van der Waals surface area contributed by atoms with E-state index in [0.29, 0.717) is 0 Å². The molecule has 19 aromatic rings. The van der Waals surface area contributed by atoms with Crippen molar-refractivity contribution in [3.63, 3.8) is 0 Å². The monoisotopic (exact) mass is 1170 g/mol. The van der Waals surface area contributed by atoms with Gasteiger partial charge in [-0.25, -0.2) is 0 Å². The summed E-state index contributed by atoms with van der Waals surface area (Å²) in [5, 5.41) is 19.0. The van der Waals surface area contributed by atoms with Crippen molar-refractivity contribution in [3.05, 3.63) is 328 Å². The SMILES string of the molecule is c1ccc(-c2ccc(-c3c4ccccc4c(-c4ccc(-c5ccc(-c6ccc(-c7c8ccccc8c(-c8cccc(-c9cccc%10oc%11cc%12ccccc%12cc%11c9%10)c8)c8ccccc78)cc6)c6oc7cc8ccccc8cc7c56)cc4)c4ccccc34)cc2)cc1. The summed E-state index contributed by atoms with van der Waals surface area (Å²) in [5.41, 5.74) is 22.3. The summed E-state index contributed by atoms with van der Waals surface area (Å²) in [5.74, 6) is 0. The lowest BCUT2D eigenvalue weighted by Crippen LogP contribution is -1.91. The highest BCUT2D eigenvalue weighted by molar-refractivity contribution is 6.25. The average Bonchev–Trinajstić information content (AvgIpc) is 1.07. The van der Waals surface area contributed by atoms with Crippen LogP contribution in [0.5, 0.6) is 0 Å². The van der Waals surface area contributed by atoms with Crippen LogP contribution in [0, 0.1) is 0 Å². The zero-order chi connectivity index (χ0) is 60.4. The number of furan rings is 2. The lowest BCUT2D eigenvalue weighted by molar-refractivity contribution is 0.669. The molecule has 2 aromatic heterocycles. The van der Waals surface area contributed by atoms with Crippen molar-refractivity contribution in [1.82, 2.24) is 0 Å². The summed E-state index contributed by atoms with van der Waals surface area (Å²) >= 11 is 0. The van der Waals surface area contributed by atoms with Crippen LogP contribution in [0.4, 0.5) is 0 Å². The van der Waals surface area contributed by atoms with Gasteiger partial charge in [-0.05, 0) is 191 Å². The van der Waals surface area contributed by atoms with Crippen LogP contribution >= 0.6 is 0 Å². The van der Waals surface area contributed by atoms with Gasteiger partial charge in [-0.1, -0.05) is 285 Å². The van der Waals surface area contributed by atoms with E-state index in [0.717, 1.165) is 88.2 Å². The number of hydrogen-bond donors (Lipinski definition) is 0. The predicted molar refractivity (Wildman–Crippen MR) is 390 cm³/mol. The molecule has 2 heterocycles. The van der Waals surface area contributed by atoms with Crippen molar-refractivity contribution in [2.45, 2.75) is 0 Å². The van der Waals surface area contributed by atoms with Gasteiger partial charge in [0.25, 0.3) is 0 Å². The van der Waals surface area contributed by atoms with Crippen LogP contribution < -0.4 is 0 Å². The van der Waals surface area contributed by atoms with Gasteiger partial charge in [0, 0.05) is 27.1 Å². The standard InChI is InChI=1S/C90H54O2/c1-2-18-55(19-3-1)56-36-42-59(43-37-56)84-71-26-8-10-28-73(71)85(74-29-11-9-27-72(74)84)60-44-38-57(39-45-60)69-48-49-70(90-89(69)80-52-63-21-5-7-23-65(63)54-83(80)92-90)58-40-46-61(47-41-58)86-75-30-12-14-32-77(75)87(78-33-15-13-31-76(78)86)67-25-16-24-66(50-67)68-34-17-35-81-88(68)79-51-62-20-4-6-22-64(62)53-82(79)91-81/h1-54H. The van der Waals surface area contributed by atoms with Crippen LogP contribution in [0.3, 0.4) is 0 Å². The van der Waals surface area contributed by atoms with Gasteiger partial charge in [-0.3, -0.25) is 0 Å². The largest absolute Gasteiger partial charge is 0.456 e. The van der Waals surface area contributed by atoms with E-state index in [1.807, 2.05) is 0 Å². The van der Waals surface area contributed by atoms with Gasteiger partial charge in [-0.2, -0.15) is 0 Å². The second-order valence-corrected chi connectivity index (χ2v) is 24.5. The van der Waals surface area contributed by atoms with Crippen molar-refractivity contribution in [1.29, 1.82) is 0 Å². The molecule has 17 aromatic carbocycles. The molecule has 0 unspecified atom stereocenters. The molecule has 0 N–H and O–H groups in total. The van der Waals surface area contributed by atoms with Crippen LogP contribution in [0.15, 0.2) is 336 Å². The minimum atomic E-state index is 0.873. The van der Waals surface area contributed by atoms with Crippen LogP contribution in [0.1, 0.15) is 0 Å². The lowest BCUT2D eigenvalue weighted by Gasteiger charge is -2.18. The topological polar surface area (TPSA) is 26.3 Å². The lowest BCUT2D eigenvalue weighted by atomic mass is 9.85. The summed E-state index contributed by atoms with van der Waals surface area (Å²) in [6.45, 7) is 0. The molecule has 0 aliphatic carbocycles. The van der Waals surface area contributed by atoms with Crippen LogP contribution in [-0.2, 0) is 0 Å². The molecule has 19 rings (SSSR count). The summed E-state index contributed by atoms with van der Waals surface area (Å²) in [7, 11) is 0. The molecule has 0 atom stereocenters. The molecule has 0 radical (unpaired) electrons. The molecular weight excluding hydrogens is 1110 g/mol. The molecule has 0 aliphatic heterocycles. The smallest absolute Gasteiger partial charge is 0.143 e. The molecule has 0 saturated carbocycles. The zero-order valence-corrected chi connectivity index (χ0v) is 50.0. The maximum Gasteiger partial charge on any atom is 0.143 e. The van der Waals surface area contributed by atoms with Gasteiger partial charge >= 0.3 is 0 Å². The number of hydrogen-bond acceptors (Lipinski definition) is 2. The van der Waals surface area contributed by atoms with E-state index in [1.54, 1.807) is 0 Å². The summed E-state index contributed by atoms with van der Waals surface area (Å²) in [6.07, 6.45) is 0. The van der Waals surface area contributed by atoms with Crippen molar-refractivity contribution >= 4 is 109 Å². The van der Waals surface area contributed by atoms with Gasteiger partial charge in [0.05, 0.1) is 0 Å². The van der Waals surface area contributed by atoms with E-state index in [-0.39, 0.29) is 0 Å². The molecular formula is C90H54O2. The molecule has 0 aliphatic rings. The molecule has 426 valence electrons. The molecule has 2 heteroatoms. The van der Waals surface area contributed by atoms with Crippen LogP contribution in [0.25, 0.3) is 198 Å². The van der Waals surface area contributed by atoms with Crippen molar-refractivity contribution < 1.29 is 8.83 Å². The normalized spacial score (nSPS) is 11.9. The van der Waals surface area contributed by atoms with Gasteiger partial charge in [-0.15, -0.1) is 0 Å². The van der Waals surface area contributed by atoms with E-state index in [1.165, 1.54) is 109 Å². The van der Waals surface area contributed by atoms with E-state index in [2.05, 4.69) is 328 Å². The molecule has 0 spiro atoms. The maximum atomic E-state index is 7.14. The Labute approximate surface area is 530 Å². The first-order chi connectivity index (χ1) is 45.6. The minimum absolute atomic E-state index is 0.873. The third kappa shape index (κ3) is 8.21. The number of benzene rings is 17. The highest BCUT2D eigenvalue weighted by Gasteiger charge is 2.23. The van der Waals surface area contributed by atoms with E-state index in [4.69, 9.17) is 8.83 Å². The Kier molecular flexibility index (Phi) is 11.7. The second kappa shape index (κ2) is 20.8. The fraction of sp³-hybridized carbons (Fsp3) is 0.